The molecule has 1 aromatic rings. The third kappa shape index (κ3) is 3.91. The summed E-state index contributed by atoms with van der Waals surface area (Å²) >= 11 is 1.35. The number of amides is 1. The molecule has 1 saturated carbocycles. The van der Waals surface area contributed by atoms with Crippen LogP contribution >= 0.6 is 11.3 Å². The van der Waals surface area contributed by atoms with Crippen molar-refractivity contribution in [1.82, 2.24) is 15.1 Å². The molecule has 20 heavy (non-hydrogen) atoms. The van der Waals surface area contributed by atoms with Crippen molar-refractivity contribution in [3.05, 3.63) is 5.01 Å². The number of hydrogen-bond acceptors (Lipinski definition) is 5. The maximum Gasteiger partial charge on any atom is 0.284 e. The van der Waals surface area contributed by atoms with E-state index in [2.05, 4.69) is 22.4 Å². The standard InChI is InChI=1S/C14H24N4OS/c1-3-10-15-14-17-16-12(20-14)13(19)18(2)11-8-6-4-5-7-9-11/h11H,3-10H2,1-2H3,(H,15,17). The van der Waals surface area contributed by atoms with E-state index in [1.165, 1.54) is 37.0 Å². The average molecular weight is 296 g/mol. The fraction of sp³-hybridized carbons (Fsp3) is 0.786. The summed E-state index contributed by atoms with van der Waals surface area (Å²) in [5, 5.41) is 12.5. The molecule has 1 aromatic heterocycles. The van der Waals surface area contributed by atoms with Crippen molar-refractivity contribution < 1.29 is 4.79 Å². The quantitative estimate of drug-likeness (QED) is 0.848. The van der Waals surface area contributed by atoms with E-state index >= 15 is 0 Å². The van der Waals surface area contributed by atoms with Crippen LogP contribution in [0.15, 0.2) is 0 Å². The smallest absolute Gasteiger partial charge is 0.284 e. The van der Waals surface area contributed by atoms with E-state index in [0.29, 0.717) is 11.0 Å². The van der Waals surface area contributed by atoms with E-state index < -0.39 is 0 Å². The van der Waals surface area contributed by atoms with Gasteiger partial charge in [0.2, 0.25) is 10.1 Å². The molecule has 0 bridgehead atoms. The van der Waals surface area contributed by atoms with Gasteiger partial charge in [-0.15, -0.1) is 10.2 Å². The maximum atomic E-state index is 12.4. The highest BCUT2D eigenvalue weighted by Crippen LogP contribution is 2.23. The van der Waals surface area contributed by atoms with Gasteiger partial charge in [-0.1, -0.05) is 43.9 Å². The molecule has 1 aliphatic rings. The normalized spacial score (nSPS) is 16.7. The Morgan fingerprint density at radius 3 is 2.65 bits per heavy atom. The summed E-state index contributed by atoms with van der Waals surface area (Å²) in [6.07, 6.45) is 8.29. The van der Waals surface area contributed by atoms with Gasteiger partial charge in [0.1, 0.15) is 0 Å². The number of nitrogens with zero attached hydrogens (tertiary/aromatic N) is 3. The van der Waals surface area contributed by atoms with Gasteiger partial charge in [0.15, 0.2) is 0 Å². The minimum absolute atomic E-state index is 0.0129. The van der Waals surface area contributed by atoms with Crippen molar-refractivity contribution in [3.8, 4) is 0 Å². The van der Waals surface area contributed by atoms with Crippen molar-refractivity contribution in [1.29, 1.82) is 0 Å². The molecule has 0 unspecified atom stereocenters. The molecule has 0 radical (unpaired) electrons. The van der Waals surface area contributed by atoms with Gasteiger partial charge < -0.3 is 10.2 Å². The zero-order chi connectivity index (χ0) is 14.4. The van der Waals surface area contributed by atoms with Crippen LogP contribution in [0, 0.1) is 0 Å². The van der Waals surface area contributed by atoms with Gasteiger partial charge in [-0.2, -0.15) is 0 Å². The second-order valence-electron chi connectivity index (χ2n) is 5.40. The molecule has 6 heteroatoms. The molecule has 0 saturated heterocycles. The summed E-state index contributed by atoms with van der Waals surface area (Å²) in [5.41, 5.74) is 0. The number of rotatable bonds is 5. The summed E-state index contributed by atoms with van der Waals surface area (Å²) in [6, 6.07) is 0.362. The van der Waals surface area contributed by atoms with E-state index in [0.717, 1.165) is 30.9 Å². The minimum atomic E-state index is 0.0129. The van der Waals surface area contributed by atoms with Crippen LogP contribution in [0.25, 0.3) is 0 Å². The maximum absolute atomic E-state index is 12.4. The summed E-state index contributed by atoms with van der Waals surface area (Å²) in [6.45, 7) is 2.96. The van der Waals surface area contributed by atoms with Crippen LogP contribution in [0.3, 0.4) is 0 Å². The Kier molecular flexibility index (Phi) is 5.76. The molecule has 112 valence electrons. The number of hydrogen-bond donors (Lipinski definition) is 1. The highest BCUT2D eigenvalue weighted by atomic mass is 32.1. The molecule has 1 fully saturated rings. The highest BCUT2D eigenvalue weighted by Gasteiger charge is 2.24. The zero-order valence-electron chi connectivity index (χ0n) is 12.4. The fourth-order valence-corrected chi connectivity index (χ4v) is 3.33. The van der Waals surface area contributed by atoms with Gasteiger partial charge in [-0.25, -0.2) is 0 Å². The van der Waals surface area contributed by atoms with Gasteiger partial charge in [0, 0.05) is 19.6 Å². The van der Waals surface area contributed by atoms with Crippen LogP contribution in [0.4, 0.5) is 5.13 Å². The summed E-state index contributed by atoms with van der Waals surface area (Å²) < 4.78 is 0. The van der Waals surface area contributed by atoms with Gasteiger partial charge in [0.05, 0.1) is 0 Å². The molecule has 0 atom stereocenters. The number of nitrogens with one attached hydrogen (secondary N) is 1. The first kappa shape index (κ1) is 15.2. The lowest BCUT2D eigenvalue weighted by Gasteiger charge is -2.26. The van der Waals surface area contributed by atoms with Crippen LogP contribution in [-0.4, -0.2) is 40.6 Å². The number of anilines is 1. The van der Waals surface area contributed by atoms with Gasteiger partial charge in [0.25, 0.3) is 5.91 Å². The molecular formula is C14H24N4OS. The van der Waals surface area contributed by atoms with Crippen molar-refractivity contribution in [2.45, 2.75) is 57.9 Å². The molecule has 1 aliphatic carbocycles. The lowest BCUT2D eigenvalue weighted by atomic mass is 10.1. The van der Waals surface area contributed by atoms with Crippen LogP contribution in [0.1, 0.15) is 61.7 Å². The Balaban J connectivity index is 1.96. The molecule has 5 nitrogen and oxygen atoms in total. The number of carbonyl (C=O) groups is 1. The second kappa shape index (κ2) is 7.57. The summed E-state index contributed by atoms with van der Waals surface area (Å²) in [7, 11) is 1.90. The number of carbonyl (C=O) groups excluding carboxylic acids is 1. The molecule has 1 heterocycles. The Labute approximate surface area is 124 Å². The Morgan fingerprint density at radius 2 is 2.00 bits per heavy atom. The van der Waals surface area contributed by atoms with E-state index in [4.69, 9.17) is 0 Å². The fourth-order valence-electron chi connectivity index (χ4n) is 2.57. The third-order valence-electron chi connectivity index (χ3n) is 3.83. The predicted molar refractivity (Wildman–Crippen MR) is 82.3 cm³/mol. The summed E-state index contributed by atoms with van der Waals surface area (Å²) in [5.74, 6) is 0.0129. The third-order valence-corrected chi connectivity index (χ3v) is 4.70. The molecule has 0 aliphatic heterocycles. The Hall–Kier alpha value is -1.17. The zero-order valence-corrected chi connectivity index (χ0v) is 13.2. The molecule has 1 amide bonds. The Morgan fingerprint density at radius 1 is 1.30 bits per heavy atom. The number of aromatic nitrogens is 2. The van der Waals surface area contributed by atoms with E-state index in [9.17, 15) is 4.79 Å². The molecular weight excluding hydrogens is 272 g/mol. The predicted octanol–water partition coefficient (Wildman–Crippen LogP) is 3.15. The van der Waals surface area contributed by atoms with E-state index in [1.54, 1.807) is 0 Å². The topological polar surface area (TPSA) is 58.1 Å². The lowest BCUT2D eigenvalue weighted by Crippen LogP contribution is -2.36. The molecule has 0 aromatic carbocycles. The first-order valence-electron chi connectivity index (χ1n) is 7.57. The van der Waals surface area contributed by atoms with Crippen LogP contribution < -0.4 is 5.32 Å². The highest BCUT2D eigenvalue weighted by molar-refractivity contribution is 7.17. The SMILES string of the molecule is CCCNc1nnc(C(=O)N(C)C2CCCCCC2)s1. The lowest BCUT2D eigenvalue weighted by molar-refractivity contribution is 0.0716. The van der Waals surface area contributed by atoms with Crippen molar-refractivity contribution in [2.75, 3.05) is 18.9 Å². The van der Waals surface area contributed by atoms with E-state index in [-0.39, 0.29) is 5.91 Å². The van der Waals surface area contributed by atoms with Crippen molar-refractivity contribution >= 4 is 22.4 Å². The van der Waals surface area contributed by atoms with Gasteiger partial charge in [-0.05, 0) is 19.3 Å². The van der Waals surface area contributed by atoms with Crippen molar-refractivity contribution in [2.24, 2.45) is 0 Å². The first-order chi connectivity index (χ1) is 9.72. The Bertz CT molecular complexity index is 427. The molecule has 1 N–H and O–H groups in total. The van der Waals surface area contributed by atoms with Gasteiger partial charge >= 0.3 is 0 Å². The first-order valence-corrected chi connectivity index (χ1v) is 8.38. The molecule has 0 spiro atoms. The van der Waals surface area contributed by atoms with Crippen LogP contribution in [0.5, 0.6) is 0 Å². The largest absolute Gasteiger partial charge is 0.360 e. The molecule has 2 rings (SSSR count). The second-order valence-corrected chi connectivity index (χ2v) is 6.38. The van der Waals surface area contributed by atoms with E-state index in [1.807, 2.05) is 11.9 Å². The van der Waals surface area contributed by atoms with Crippen LogP contribution in [-0.2, 0) is 0 Å². The minimum Gasteiger partial charge on any atom is -0.360 e. The monoisotopic (exact) mass is 296 g/mol. The average Bonchev–Trinajstić information content (AvgIpc) is 2.76. The van der Waals surface area contributed by atoms with Crippen LogP contribution in [0.2, 0.25) is 0 Å². The van der Waals surface area contributed by atoms with Gasteiger partial charge in [-0.3, -0.25) is 4.79 Å². The summed E-state index contributed by atoms with van der Waals surface area (Å²) in [4.78, 5) is 14.3. The van der Waals surface area contributed by atoms with Crippen molar-refractivity contribution in [3.63, 3.8) is 0 Å².